The quantitative estimate of drug-likeness (QED) is 0.791. The van der Waals surface area contributed by atoms with Crippen molar-refractivity contribution in [3.05, 3.63) is 0 Å². The first kappa shape index (κ1) is 14.2. The van der Waals surface area contributed by atoms with Gasteiger partial charge in [0.2, 0.25) is 0 Å². The number of hydrogen-bond acceptors (Lipinski definition) is 2. The van der Waals surface area contributed by atoms with Crippen molar-refractivity contribution in [2.24, 2.45) is 5.92 Å². The first-order valence-corrected chi connectivity index (χ1v) is 5.42. The summed E-state index contributed by atoms with van der Waals surface area (Å²) < 4.78 is 5.71. The van der Waals surface area contributed by atoms with Gasteiger partial charge in [-0.2, -0.15) is 0 Å². The van der Waals surface area contributed by atoms with E-state index in [2.05, 4.69) is 26.1 Å². The minimum Gasteiger partial charge on any atom is -0.376 e. The van der Waals surface area contributed by atoms with Crippen LogP contribution >= 0.6 is 12.4 Å². The molecular weight excluding hydrogens is 198 g/mol. The molecule has 1 N–H and O–H groups in total. The van der Waals surface area contributed by atoms with Crippen molar-refractivity contribution in [3.63, 3.8) is 0 Å². The van der Waals surface area contributed by atoms with Gasteiger partial charge in [0.25, 0.3) is 0 Å². The summed E-state index contributed by atoms with van der Waals surface area (Å²) in [4.78, 5) is 0. The standard InChI is InChI=1S/C11H23NO.ClH/c1-11(2,3)13-9-6-10-4-7-12-8-5-10;/h10,12H,4-9H2,1-3H3;1H. The third kappa shape index (κ3) is 6.63. The molecule has 1 aliphatic heterocycles. The van der Waals surface area contributed by atoms with Crippen molar-refractivity contribution in [1.29, 1.82) is 0 Å². The molecule has 1 aliphatic rings. The maximum Gasteiger partial charge on any atom is 0.0598 e. The highest BCUT2D eigenvalue weighted by Crippen LogP contribution is 2.17. The number of nitrogens with one attached hydrogen (secondary N) is 1. The van der Waals surface area contributed by atoms with E-state index in [0.29, 0.717) is 0 Å². The van der Waals surface area contributed by atoms with E-state index in [4.69, 9.17) is 4.74 Å². The largest absolute Gasteiger partial charge is 0.376 e. The highest BCUT2D eigenvalue weighted by molar-refractivity contribution is 5.85. The second-order valence-electron chi connectivity index (χ2n) is 4.94. The third-order valence-corrected chi connectivity index (χ3v) is 2.52. The fraction of sp³-hybridized carbons (Fsp3) is 1.00. The summed E-state index contributed by atoms with van der Waals surface area (Å²) >= 11 is 0. The molecule has 2 nitrogen and oxygen atoms in total. The van der Waals surface area contributed by atoms with Gasteiger partial charge in [-0.25, -0.2) is 0 Å². The second-order valence-corrected chi connectivity index (χ2v) is 4.94. The van der Waals surface area contributed by atoms with Crippen LogP contribution in [0.5, 0.6) is 0 Å². The smallest absolute Gasteiger partial charge is 0.0598 e. The van der Waals surface area contributed by atoms with Crippen molar-refractivity contribution in [2.45, 2.75) is 45.6 Å². The van der Waals surface area contributed by atoms with Crippen LogP contribution in [0.3, 0.4) is 0 Å². The van der Waals surface area contributed by atoms with E-state index < -0.39 is 0 Å². The van der Waals surface area contributed by atoms with E-state index in [1.807, 2.05) is 0 Å². The normalized spacial score (nSPS) is 19.1. The molecule has 0 aromatic carbocycles. The zero-order valence-electron chi connectivity index (χ0n) is 9.64. The molecule has 0 unspecified atom stereocenters. The second kappa shape index (κ2) is 6.65. The van der Waals surface area contributed by atoms with Crippen molar-refractivity contribution in [3.8, 4) is 0 Å². The first-order chi connectivity index (χ1) is 6.08. The fourth-order valence-electron chi connectivity index (χ4n) is 1.70. The highest BCUT2D eigenvalue weighted by Gasteiger charge is 2.15. The molecule has 0 aliphatic carbocycles. The number of piperidine rings is 1. The molecule has 1 saturated heterocycles. The van der Waals surface area contributed by atoms with E-state index in [1.54, 1.807) is 0 Å². The van der Waals surface area contributed by atoms with Gasteiger partial charge < -0.3 is 10.1 Å². The summed E-state index contributed by atoms with van der Waals surface area (Å²) in [5, 5.41) is 3.38. The minimum atomic E-state index is 0. The van der Waals surface area contributed by atoms with E-state index in [0.717, 1.165) is 12.5 Å². The van der Waals surface area contributed by atoms with Crippen LogP contribution in [0.2, 0.25) is 0 Å². The lowest BCUT2D eigenvalue weighted by Gasteiger charge is -2.25. The molecule has 0 spiro atoms. The third-order valence-electron chi connectivity index (χ3n) is 2.52. The van der Waals surface area contributed by atoms with Gasteiger partial charge in [0.05, 0.1) is 5.60 Å². The Balaban J connectivity index is 0.00000169. The van der Waals surface area contributed by atoms with Gasteiger partial charge in [-0.05, 0) is 59.0 Å². The minimum absolute atomic E-state index is 0. The zero-order valence-corrected chi connectivity index (χ0v) is 10.5. The molecule has 1 heterocycles. The Labute approximate surface area is 94.2 Å². The van der Waals surface area contributed by atoms with E-state index in [1.165, 1.54) is 32.4 Å². The number of hydrogen-bond donors (Lipinski definition) is 1. The topological polar surface area (TPSA) is 21.3 Å². The molecule has 0 bridgehead atoms. The Kier molecular flexibility index (Phi) is 6.75. The summed E-state index contributed by atoms with van der Waals surface area (Å²) in [5.41, 5.74) is 0.0346. The Morgan fingerprint density at radius 3 is 2.29 bits per heavy atom. The zero-order chi connectivity index (χ0) is 9.73. The predicted molar refractivity (Wildman–Crippen MR) is 63.2 cm³/mol. The Morgan fingerprint density at radius 1 is 1.21 bits per heavy atom. The molecule has 3 heteroatoms. The summed E-state index contributed by atoms with van der Waals surface area (Å²) in [6.45, 7) is 9.68. The molecule has 0 aromatic heterocycles. The molecule has 86 valence electrons. The maximum absolute atomic E-state index is 5.71. The van der Waals surface area contributed by atoms with Crippen molar-refractivity contribution >= 4 is 12.4 Å². The first-order valence-electron chi connectivity index (χ1n) is 5.42. The average Bonchev–Trinajstić information content (AvgIpc) is 2.04. The number of halogens is 1. The molecule has 0 atom stereocenters. The van der Waals surface area contributed by atoms with Crippen molar-refractivity contribution < 1.29 is 4.74 Å². The van der Waals surface area contributed by atoms with Crippen molar-refractivity contribution in [2.75, 3.05) is 19.7 Å². The van der Waals surface area contributed by atoms with Gasteiger partial charge in [0, 0.05) is 6.61 Å². The van der Waals surface area contributed by atoms with Crippen LogP contribution in [-0.2, 0) is 4.74 Å². The van der Waals surface area contributed by atoms with Crippen LogP contribution in [0.4, 0.5) is 0 Å². The molecular formula is C11H24ClNO. The van der Waals surface area contributed by atoms with Crippen molar-refractivity contribution in [1.82, 2.24) is 5.32 Å². The van der Waals surface area contributed by atoms with Crippen LogP contribution in [0.15, 0.2) is 0 Å². The summed E-state index contributed by atoms with van der Waals surface area (Å²) in [6.07, 6.45) is 3.89. The van der Waals surface area contributed by atoms with Gasteiger partial charge in [-0.15, -0.1) is 12.4 Å². The molecule has 0 radical (unpaired) electrons. The Bertz CT molecular complexity index is 139. The van der Waals surface area contributed by atoms with Crippen LogP contribution in [0, 0.1) is 5.92 Å². The van der Waals surface area contributed by atoms with Gasteiger partial charge >= 0.3 is 0 Å². The lowest BCUT2D eigenvalue weighted by atomic mass is 9.95. The molecule has 1 fully saturated rings. The van der Waals surface area contributed by atoms with E-state index in [-0.39, 0.29) is 18.0 Å². The summed E-state index contributed by atoms with van der Waals surface area (Å²) in [6, 6.07) is 0. The summed E-state index contributed by atoms with van der Waals surface area (Å²) in [5.74, 6) is 0.892. The Hall–Kier alpha value is 0.210. The van der Waals surface area contributed by atoms with E-state index in [9.17, 15) is 0 Å². The van der Waals surface area contributed by atoms with Crippen LogP contribution in [0.1, 0.15) is 40.0 Å². The molecule has 14 heavy (non-hydrogen) atoms. The van der Waals surface area contributed by atoms with Gasteiger partial charge in [-0.3, -0.25) is 0 Å². The monoisotopic (exact) mass is 221 g/mol. The van der Waals surface area contributed by atoms with Gasteiger partial charge in [0.1, 0.15) is 0 Å². The number of ether oxygens (including phenoxy) is 1. The summed E-state index contributed by atoms with van der Waals surface area (Å²) in [7, 11) is 0. The van der Waals surface area contributed by atoms with Crippen LogP contribution in [-0.4, -0.2) is 25.3 Å². The highest BCUT2D eigenvalue weighted by atomic mass is 35.5. The number of rotatable bonds is 3. The fourth-order valence-corrected chi connectivity index (χ4v) is 1.70. The average molecular weight is 222 g/mol. The maximum atomic E-state index is 5.71. The Morgan fingerprint density at radius 2 is 1.79 bits per heavy atom. The molecule has 1 rings (SSSR count). The molecule has 0 aromatic rings. The van der Waals surface area contributed by atoms with Gasteiger partial charge in [-0.1, -0.05) is 0 Å². The molecule has 0 saturated carbocycles. The van der Waals surface area contributed by atoms with Crippen LogP contribution in [0.25, 0.3) is 0 Å². The lowest BCUT2D eigenvalue weighted by molar-refractivity contribution is -0.0106. The van der Waals surface area contributed by atoms with Gasteiger partial charge in [0.15, 0.2) is 0 Å². The van der Waals surface area contributed by atoms with E-state index >= 15 is 0 Å². The molecule has 0 amide bonds. The van der Waals surface area contributed by atoms with Crippen LogP contribution < -0.4 is 5.32 Å². The predicted octanol–water partition coefficient (Wildman–Crippen LogP) is 2.61. The lowest BCUT2D eigenvalue weighted by Crippen LogP contribution is -2.29. The SMILES string of the molecule is CC(C)(C)OCCC1CCNCC1.Cl.